The molecule has 0 aliphatic carbocycles. The number of carbonyl (C=O) groups is 2. The number of nitrogens with one attached hydrogen (secondary N) is 1. The maximum atomic E-state index is 12.9. The first-order chi connectivity index (χ1) is 13.6. The summed E-state index contributed by atoms with van der Waals surface area (Å²) in [4.78, 5) is 36.6. The van der Waals surface area contributed by atoms with E-state index in [1.807, 2.05) is 41.3 Å². The van der Waals surface area contributed by atoms with Crippen molar-refractivity contribution in [2.75, 3.05) is 11.9 Å². The van der Waals surface area contributed by atoms with Gasteiger partial charge >= 0.3 is 0 Å². The lowest BCUT2D eigenvalue weighted by atomic mass is 10.0. The molecule has 0 aromatic carbocycles. The van der Waals surface area contributed by atoms with Crippen molar-refractivity contribution in [1.29, 1.82) is 0 Å². The highest BCUT2D eigenvalue weighted by Crippen LogP contribution is 2.23. The van der Waals surface area contributed by atoms with Crippen molar-refractivity contribution in [1.82, 2.24) is 19.4 Å². The lowest BCUT2D eigenvalue weighted by molar-refractivity contribution is -0.121. The average Bonchev–Trinajstić information content (AvgIpc) is 3.40. The van der Waals surface area contributed by atoms with Crippen LogP contribution in [0.3, 0.4) is 0 Å². The number of anilines is 1. The lowest BCUT2D eigenvalue weighted by Gasteiger charge is -2.34. The van der Waals surface area contributed by atoms with Gasteiger partial charge in [-0.25, -0.2) is 9.97 Å². The predicted octanol–water partition coefficient (Wildman–Crippen LogP) is 3.27. The Hall–Kier alpha value is -3.00. The third-order valence-electron chi connectivity index (χ3n) is 4.89. The molecule has 144 valence electrons. The minimum atomic E-state index is -0.459. The first-order valence-corrected chi connectivity index (χ1v) is 10.1. The molecule has 4 heterocycles. The van der Waals surface area contributed by atoms with E-state index in [0.717, 1.165) is 24.5 Å². The van der Waals surface area contributed by atoms with Gasteiger partial charge < -0.3 is 10.2 Å². The molecule has 1 fully saturated rings. The summed E-state index contributed by atoms with van der Waals surface area (Å²) in [6.07, 6.45) is 7.70. The van der Waals surface area contributed by atoms with Crippen molar-refractivity contribution in [3.05, 3.63) is 58.9 Å². The van der Waals surface area contributed by atoms with Gasteiger partial charge in [0.05, 0.1) is 16.8 Å². The molecule has 1 saturated heterocycles. The van der Waals surface area contributed by atoms with Crippen LogP contribution in [0.4, 0.5) is 5.69 Å². The van der Waals surface area contributed by atoms with E-state index < -0.39 is 6.04 Å². The van der Waals surface area contributed by atoms with Gasteiger partial charge in [0, 0.05) is 18.9 Å². The van der Waals surface area contributed by atoms with Crippen molar-refractivity contribution >= 4 is 28.8 Å². The SMILES string of the molecule is Cc1nccn1-c1ccc(NC(=O)C2CCCCN2C(=O)c2cccs2)cn1. The minimum Gasteiger partial charge on any atom is -0.326 e. The van der Waals surface area contributed by atoms with Crippen molar-refractivity contribution < 1.29 is 9.59 Å². The van der Waals surface area contributed by atoms with Crippen LogP contribution in [0.15, 0.2) is 48.2 Å². The Kier molecular flexibility index (Phi) is 5.21. The fourth-order valence-corrected chi connectivity index (χ4v) is 4.12. The number of likely N-dealkylation sites (tertiary alicyclic amines) is 1. The Morgan fingerprint density at radius 2 is 2.11 bits per heavy atom. The van der Waals surface area contributed by atoms with Gasteiger partial charge in [-0.2, -0.15) is 0 Å². The van der Waals surface area contributed by atoms with Crippen LogP contribution in [0, 0.1) is 6.92 Å². The van der Waals surface area contributed by atoms with Gasteiger partial charge in [-0.3, -0.25) is 14.2 Å². The van der Waals surface area contributed by atoms with Crippen LogP contribution in [0.25, 0.3) is 5.82 Å². The molecule has 1 unspecified atom stereocenters. The maximum absolute atomic E-state index is 12.9. The van der Waals surface area contributed by atoms with E-state index in [-0.39, 0.29) is 11.8 Å². The van der Waals surface area contributed by atoms with Crippen LogP contribution >= 0.6 is 11.3 Å². The molecule has 1 aliphatic heterocycles. The van der Waals surface area contributed by atoms with E-state index in [1.165, 1.54) is 11.3 Å². The summed E-state index contributed by atoms with van der Waals surface area (Å²) < 4.78 is 1.87. The summed E-state index contributed by atoms with van der Waals surface area (Å²) in [7, 11) is 0. The number of rotatable bonds is 4. The summed E-state index contributed by atoms with van der Waals surface area (Å²) in [6, 6.07) is 6.84. The molecule has 3 aromatic rings. The number of hydrogen-bond donors (Lipinski definition) is 1. The number of aryl methyl sites for hydroxylation is 1. The second kappa shape index (κ2) is 7.93. The fraction of sp³-hybridized carbons (Fsp3) is 0.300. The van der Waals surface area contributed by atoms with Gasteiger partial charge in [-0.05, 0) is 49.8 Å². The molecule has 28 heavy (non-hydrogen) atoms. The summed E-state index contributed by atoms with van der Waals surface area (Å²) in [5.74, 6) is 1.34. The molecule has 0 bridgehead atoms. The molecular formula is C20H21N5O2S. The topological polar surface area (TPSA) is 80.1 Å². The number of imidazole rings is 1. The van der Waals surface area contributed by atoms with Crippen molar-refractivity contribution in [2.24, 2.45) is 0 Å². The highest BCUT2D eigenvalue weighted by molar-refractivity contribution is 7.12. The molecule has 0 spiro atoms. The highest BCUT2D eigenvalue weighted by Gasteiger charge is 2.33. The van der Waals surface area contributed by atoms with Crippen LogP contribution in [-0.2, 0) is 4.79 Å². The normalized spacial score (nSPS) is 16.8. The number of amides is 2. The second-order valence-corrected chi connectivity index (χ2v) is 7.67. The summed E-state index contributed by atoms with van der Waals surface area (Å²) in [6.45, 7) is 2.51. The molecule has 0 radical (unpaired) electrons. The molecule has 3 aromatic heterocycles. The van der Waals surface area contributed by atoms with Crippen molar-refractivity contribution in [3.8, 4) is 5.82 Å². The molecule has 8 heteroatoms. The monoisotopic (exact) mass is 395 g/mol. The largest absolute Gasteiger partial charge is 0.326 e. The van der Waals surface area contributed by atoms with Gasteiger partial charge in [0.15, 0.2) is 0 Å². The summed E-state index contributed by atoms with van der Waals surface area (Å²) in [5.41, 5.74) is 0.612. The standard InChI is InChI=1S/C20H21N5O2S/c1-14-21-9-11-24(14)18-8-7-15(13-22-18)23-19(26)16-5-2-3-10-25(16)20(27)17-6-4-12-28-17/h4,6-9,11-13,16H,2-3,5,10H2,1H3,(H,23,26). The molecule has 4 rings (SSSR count). The highest BCUT2D eigenvalue weighted by atomic mass is 32.1. The van der Waals surface area contributed by atoms with Crippen LogP contribution in [-0.4, -0.2) is 43.8 Å². The summed E-state index contributed by atoms with van der Waals surface area (Å²) >= 11 is 1.40. The molecule has 0 saturated carbocycles. The number of thiophene rings is 1. The van der Waals surface area contributed by atoms with Gasteiger partial charge in [-0.1, -0.05) is 6.07 Å². The molecule has 1 N–H and O–H groups in total. The predicted molar refractivity (Wildman–Crippen MR) is 108 cm³/mol. The van der Waals surface area contributed by atoms with E-state index in [0.29, 0.717) is 23.5 Å². The first kappa shape index (κ1) is 18.4. The van der Waals surface area contributed by atoms with Crippen LogP contribution in [0.5, 0.6) is 0 Å². The zero-order valence-electron chi connectivity index (χ0n) is 15.5. The Morgan fingerprint density at radius 1 is 1.21 bits per heavy atom. The maximum Gasteiger partial charge on any atom is 0.264 e. The Balaban J connectivity index is 1.47. The average molecular weight is 395 g/mol. The van der Waals surface area contributed by atoms with Crippen LogP contribution in [0.2, 0.25) is 0 Å². The third-order valence-corrected chi connectivity index (χ3v) is 5.74. The van der Waals surface area contributed by atoms with Crippen LogP contribution < -0.4 is 5.32 Å². The minimum absolute atomic E-state index is 0.0705. The Bertz CT molecular complexity index is 965. The third kappa shape index (κ3) is 3.68. The van der Waals surface area contributed by atoms with Crippen molar-refractivity contribution in [2.45, 2.75) is 32.2 Å². The smallest absolute Gasteiger partial charge is 0.264 e. The summed E-state index contributed by atoms with van der Waals surface area (Å²) in [5, 5.41) is 4.79. The van der Waals surface area contributed by atoms with Crippen LogP contribution in [0.1, 0.15) is 34.8 Å². The number of carbonyl (C=O) groups excluding carboxylic acids is 2. The number of aromatic nitrogens is 3. The van der Waals surface area contributed by atoms with Gasteiger partial charge in [-0.15, -0.1) is 11.3 Å². The van der Waals surface area contributed by atoms with E-state index >= 15 is 0 Å². The number of nitrogens with zero attached hydrogens (tertiary/aromatic N) is 4. The second-order valence-electron chi connectivity index (χ2n) is 6.73. The number of hydrogen-bond acceptors (Lipinski definition) is 5. The van der Waals surface area contributed by atoms with Gasteiger partial charge in [0.2, 0.25) is 5.91 Å². The van der Waals surface area contributed by atoms with E-state index in [2.05, 4.69) is 15.3 Å². The molecular weight excluding hydrogens is 374 g/mol. The molecule has 2 amide bonds. The van der Waals surface area contributed by atoms with E-state index in [4.69, 9.17) is 0 Å². The number of piperidine rings is 1. The number of pyridine rings is 1. The first-order valence-electron chi connectivity index (χ1n) is 9.25. The molecule has 1 atom stereocenters. The fourth-order valence-electron chi connectivity index (χ4n) is 3.44. The van der Waals surface area contributed by atoms with E-state index in [9.17, 15) is 9.59 Å². The molecule has 1 aliphatic rings. The Labute approximate surface area is 167 Å². The van der Waals surface area contributed by atoms with E-state index in [1.54, 1.807) is 23.4 Å². The van der Waals surface area contributed by atoms with Gasteiger partial charge in [0.1, 0.15) is 17.7 Å². The zero-order chi connectivity index (χ0) is 19.5. The lowest BCUT2D eigenvalue weighted by Crippen LogP contribution is -2.49. The Morgan fingerprint density at radius 3 is 2.79 bits per heavy atom. The quantitative estimate of drug-likeness (QED) is 0.735. The van der Waals surface area contributed by atoms with Gasteiger partial charge in [0.25, 0.3) is 5.91 Å². The van der Waals surface area contributed by atoms with Crippen molar-refractivity contribution in [3.63, 3.8) is 0 Å². The molecule has 7 nitrogen and oxygen atoms in total. The zero-order valence-corrected chi connectivity index (χ0v) is 16.4.